The number of carbonyl (C=O) groups excluding carboxylic acids is 1. The summed E-state index contributed by atoms with van der Waals surface area (Å²) in [5, 5.41) is 19.3. The molecular formula is C22H25ClO7. The zero-order valence-electron chi connectivity index (χ0n) is 16.9. The number of aromatic hydroxyl groups is 1. The molecule has 30 heavy (non-hydrogen) atoms. The summed E-state index contributed by atoms with van der Waals surface area (Å²) in [6.45, 7) is 4.74. The summed E-state index contributed by atoms with van der Waals surface area (Å²) in [5.41, 5.74) is 0.843. The maximum atomic E-state index is 12.0. The van der Waals surface area contributed by atoms with E-state index in [9.17, 15) is 14.7 Å². The predicted octanol–water partition coefficient (Wildman–Crippen LogP) is 4.51. The number of aromatic carboxylic acids is 1. The molecule has 0 fully saturated rings. The van der Waals surface area contributed by atoms with Crippen molar-refractivity contribution in [3.05, 3.63) is 52.0 Å². The number of carboxylic acid groups (broad SMARTS) is 1. The van der Waals surface area contributed by atoms with Gasteiger partial charge in [0.1, 0.15) is 30.5 Å². The van der Waals surface area contributed by atoms with Crippen LogP contribution >= 0.6 is 11.6 Å². The van der Waals surface area contributed by atoms with Crippen molar-refractivity contribution in [1.82, 2.24) is 0 Å². The summed E-state index contributed by atoms with van der Waals surface area (Å²) in [5.74, 6) is -0.289. The van der Waals surface area contributed by atoms with Crippen molar-refractivity contribution in [1.29, 1.82) is 0 Å². The molecule has 0 saturated heterocycles. The molecule has 0 unspecified atom stereocenters. The molecule has 0 aliphatic heterocycles. The predicted molar refractivity (Wildman–Crippen MR) is 112 cm³/mol. The highest BCUT2D eigenvalue weighted by atomic mass is 35.5. The lowest BCUT2D eigenvalue weighted by molar-refractivity contribution is 0.0696. The Morgan fingerprint density at radius 2 is 1.67 bits per heavy atom. The molecule has 2 aromatic carbocycles. The Balaban J connectivity index is 1.72. The van der Waals surface area contributed by atoms with Gasteiger partial charge in [0.05, 0.1) is 29.4 Å². The van der Waals surface area contributed by atoms with Crippen LogP contribution in [0.3, 0.4) is 0 Å². The summed E-state index contributed by atoms with van der Waals surface area (Å²) in [6.07, 6.45) is 1.11. The Kier molecular flexibility index (Phi) is 8.95. The first-order valence-electron chi connectivity index (χ1n) is 9.57. The van der Waals surface area contributed by atoms with Crippen molar-refractivity contribution < 1.29 is 34.0 Å². The number of phenols is 1. The lowest BCUT2D eigenvalue weighted by atomic mass is 10.0. The third-order valence-corrected chi connectivity index (χ3v) is 4.62. The van der Waals surface area contributed by atoms with E-state index in [4.69, 9.17) is 30.9 Å². The van der Waals surface area contributed by atoms with Crippen LogP contribution in [0.15, 0.2) is 30.3 Å². The Bertz CT molecular complexity index is 895. The number of ketones is 1. The third-order valence-electron chi connectivity index (χ3n) is 4.31. The number of benzene rings is 2. The monoisotopic (exact) mass is 436 g/mol. The highest BCUT2D eigenvalue weighted by Crippen LogP contribution is 2.31. The Morgan fingerprint density at radius 1 is 1.00 bits per heavy atom. The van der Waals surface area contributed by atoms with E-state index < -0.39 is 5.97 Å². The fraction of sp³-hybridized carbons (Fsp3) is 0.364. The highest BCUT2D eigenvalue weighted by Gasteiger charge is 2.15. The average Bonchev–Trinajstić information content (AvgIpc) is 2.70. The van der Waals surface area contributed by atoms with Gasteiger partial charge in [-0.2, -0.15) is 0 Å². The van der Waals surface area contributed by atoms with Gasteiger partial charge in [-0.05, 0) is 43.7 Å². The summed E-state index contributed by atoms with van der Waals surface area (Å²) < 4.78 is 16.5. The quantitative estimate of drug-likeness (QED) is 0.372. The molecule has 0 aromatic heterocycles. The number of hydrogen-bond donors (Lipinski definition) is 2. The van der Waals surface area contributed by atoms with E-state index in [0.29, 0.717) is 42.3 Å². The van der Waals surface area contributed by atoms with Gasteiger partial charge in [-0.25, -0.2) is 4.79 Å². The van der Waals surface area contributed by atoms with Crippen LogP contribution in [0.25, 0.3) is 0 Å². The number of ether oxygens (including phenoxy) is 3. The topological polar surface area (TPSA) is 102 Å². The normalized spacial score (nSPS) is 10.6. The molecule has 0 amide bonds. The zero-order chi connectivity index (χ0) is 22.1. The molecule has 0 heterocycles. The number of halogens is 1. The Morgan fingerprint density at radius 3 is 2.30 bits per heavy atom. The van der Waals surface area contributed by atoms with Crippen molar-refractivity contribution in [2.24, 2.45) is 0 Å². The maximum Gasteiger partial charge on any atom is 0.337 e. The van der Waals surface area contributed by atoms with Gasteiger partial charge in [0.2, 0.25) is 0 Å². The second-order valence-corrected chi connectivity index (χ2v) is 6.92. The van der Waals surface area contributed by atoms with Gasteiger partial charge in [0.15, 0.2) is 5.78 Å². The zero-order valence-corrected chi connectivity index (χ0v) is 17.7. The first-order valence-corrected chi connectivity index (χ1v) is 9.94. The SMILES string of the molecule is CCCC(=O)c1ccc(OCCOCCOc2ccc(C(=O)O)c(Cl)c2)c(C)c1O. The summed E-state index contributed by atoms with van der Waals surface area (Å²) >= 11 is 5.89. The Labute approximate surface area is 180 Å². The van der Waals surface area contributed by atoms with Gasteiger partial charge in [0.25, 0.3) is 0 Å². The minimum absolute atomic E-state index is 0.0153. The van der Waals surface area contributed by atoms with Crippen molar-refractivity contribution >= 4 is 23.4 Å². The van der Waals surface area contributed by atoms with E-state index in [2.05, 4.69) is 0 Å². The Hall–Kier alpha value is -2.77. The second kappa shape index (κ2) is 11.4. The van der Waals surface area contributed by atoms with Gasteiger partial charge in [-0.1, -0.05) is 18.5 Å². The molecule has 0 aliphatic carbocycles. The molecule has 0 aliphatic rings. The van der Waals surface area contributed by atoms with Gasteiger partial charge < -0.3 is 24.4 Å². The molecule has 2 N–H and O–H groups in total. The van der Waals surface area contributed by atoms with E-state index in [1.807, 2.05) is 6.92 Å². The molecule has 2 aromatic rings. The average molecular weight is 437 g/mol. The summed E-state index contributed by atoms with van der Waals surface area (Å²) in [6, 6.07) is 7.60. The van der Waals surface area contributed by atoms with Crippen LogP contribution in [0, 0.1) is 6.92 Å². The number of carboxylic acids is 1. The van der Waals surface area contributed by atoms with Crippen LogP contribution in [-0.2, 0) is 4.74 Å². The van der Waals surface area contributed by atoms with Gasteiger partial charge in [-0.3, -0.25) is 4.79 Å². The van der Waals surface area contributed by atoms with Crippen molar-refractivity contribution in [3.8, 4) is 17.2 Å². The summed E-state index contributed by atoms with van der Waals surface area (Å²) in [7, 11) is 0. The molecule has 0 saturated carbocycles. The van der Waals surface area contributed by atoms with Crippen molar-refractivity contribution in [2.45, 2.75) is 26.7 Å². The van der Waals surface area contributed by atoms with E-state index in [-0.39, 0.29) is 35.3 Å². The van der Waals surface area contributed by atoms with Crippen LogP contribution in [0.5, 0.6) is 17.2 Å². The number of phenolic OH excluding ortho intramolecular Hbond substituents is 1. The molecule has 2 rings (SSSR count). The molecule has 0 radical (unpaired) electrons. The van der Waals surface area contributed by atoms with Gasteiger partial charge in [-0.15, -0.1) is 0 Å². The smallest absolute Gasteiger partial charge is 0.337 e. The van der Waals surface area contributed by atoms with Gasteiger partial charge in [0, 0.05) is 12.0 Å². The molecule has 0 spiro atoms. The van der Waals surface area contributed by atoms with Gasteiger partial charge >= 0.3 is 5.97 Å². The minimum Gasteiger partial charge on any atom is -0.507 e. The maximum absolute atomic E-state index is 12.0. The fourth-order valence-corrected chi connectivity index (χ4v) is 2.97. The molecule has 162 valence electrons. The summed E-state index contributed by atoms with van der Waals surface area (Å²) in [4.78, 5) is 22.9. The second-order valence-electron chi connectivity index (χ2n) is 6.51. The van der Waals surface area contributed by atoms with Crippen LogP contribution in [-0.4, -0.2) is 48.4 Å². The third kappa shape index (κ3) is 6.37. The number of carbonyl (C=O) groups is 2. The first-order chi connectivity index (χ1) is 14.3. The molecular weight excluding hydrogens is 412 g/mol. The molecule has 0 bridgehead atoms. The standard InChI is InChI=1S/C22H25ClO7/c1-3-4-19(24)17-7-8-20(14(2)21(17)25)30-12-10-28-9-11-29-15-5-6-16(22(26)27)18(23)13-15/h5-8,13,25H,3-4,9-12H2,1-2H3,(H,26,27). The van der Waals surface area contributed by atoms with Crippen LogP contribution in [0.4, 0.5) is 0 Å². The van der Waals surface area contributed by atoms with Crippen LogP contribution in [0.1, 0.15) is 46.0 Å². The highest BCUT2D eigenvalue weighted by molar-refractivity contribution is 6.33. The van der Waals surface area contributed by atoms with E-state index in [1.54, 1.807) is 19.1 Å². The van der Waals surface area contributed by atoms with E-state index in [0.717, 1.165) is 6.42 Å². The number of Topliss-reactive ketones (excluding diaryl/α,β-unsaturated/α-hetero) is 1. The minimum atomic E-state index is -1.10. The van der Waals surface area contributed by atoms with Crippen molar-refractivity contribution in [3.63, 3.8) is 0 Å². The van der Waals surface area contributed by atoms with Crippen LogP contribution in [0.2, 0.25) is 5.02 Å². The molecule has 0 atom stereocenters. The van der Waals surface area contributed by atoms with E-state index in [1.165, 1.54) is 18.2 Å². The molecule has 8 heteroatoms. The number of rotatable bonds is 12. The fourth-order valence-electron chi connectivity index (χ4n) is 2.71. The number of hydrogen-bond acceptors (Lipinski definition) is 6. The lowest BCUT2D eigenvalue weighted by Crippen LogP contribution is -2.12. The van der Waals surface area contributed by atoms with Crippen LogP contribution < -0.4 is 9.47 Å². The largest absolute Gasteiger partial charge is 0.507 e. The lowest BCUT2D eigenvalue weighted by Gasteiger charge is -2.13. The molecule has 7 nitrogen and oxygen atoms in total. The van der Waals surface area contributed by atoms with Crippen molar-refractivity contribution in [2.75, 3.05) is 26.4 Å². The van der Waals surface area contributed by atoms with E-state index >= 15 is 0 Å². The first kappa shape index (κ1) is 23.5.